The molecule has 2 aromatic heterocycles. The van der Waals surface area contributed by atoms with Gasteiger partial charge in [0.2, 0.25) is 0 Å². The molecule has 4 rings (SSSR count). The van der Waals surface area contributed by atoms with Crippen molar-refractivity contribution >= 4 is 16.9 Å². The number of nitrogens with zero attached hydrogens (tertiary/aromatic N) is 5. The molecule has 0 bridgehead atoms. The van der Waals surface area contributed by atoms with Crippen LogP contribution in [0, 0.1) is 0 Å². The van der Waals surface area contributed by atoms with E-state index in [0.29, 0.717) is 5.56 Å². The van der Waals surface area contributed by atoms with Crippen molar-refractivity contribution in [3.05, 3.63) is 72.3 Å². The number of amides is 1. The summed E-state index contributed by atoms with van der Waals surface area (Å²) in [5, 5.41) is 11.2. The Morgan fingerprint density at radius 2 is 2.00 bits per heavy atom. The average molecular weight is 360 g/mol. The maximum Gasteiger partial charge on any atom is 0.251 e. The van der Waals surface area contributed by atoms with Crippen molar-refractivity contribution < 1.29 is 4.79 Å². The molecule has 136 valence electrons. The van der Waals surface area contributed by atoms with E-state index in [9.17, 15) is 4.79 Å². The predicted molar refractivity (Wildman–Crippen MR) is 103 cm³/mol. The second kappa shape index (κ2) is 7.03. The normalized spacial score (nSPS) is 12.2. The van der Waals surface area contributed by atoms with E-state index in [1.165, 1.54) is 0 Å². The number of hydrogen-bond donors (Lipinski definition) is 1. The van der Waals surface area contributed by atoms with Crippen LogP contribution < -0.4 is 5.32 Å². The van der Waals surface area contributed by atoms with Gasteiger partial charge in [0, 0.05) is 30.2 Å². The van der Waals surface area contributed by atoms with Crippen molar-refractivity contribution in [3.63, 3.8) is 0 Å². The Morgan fingerprint density at radius 3 is 2.70 bits per heavy atom. The van der Waals surface area contributed by atoms with Crippen molar-refractivity contribution in [2.45, 2.75) is 26.4 Å². The van der Waals surface area contributed by atoms with Crippen molar-refractivity contribution in [2.75, 3.05) is 0 Å². The number of carbonyl (C=O) groups is 1. The third-order valence-electron chi connectivity index (χ3n) is 4.62. The highest BCUT2D eigenvalue weighted by Crippen LogP contribution is 2.18. The molecule has 2 aromatic carbocycles. The Labute approximate surface area is 156 Å². The van der Waals surface area contributed by atoms with E-state index >= 15 is 0 Å². The SMILES string of the molecule is CCn1nnc2cc(C(=O)NC(C)c3ccc(-n4ccnc4)cc3)ccc21. The summed E-state index contributed by atoms with van der Waals surface area (Å²) in [7, 11) is 0. The van der Waals surface area contributed by atoms with Crippen molar-refractivity contribution in [1.82, 2.24) is 29.9 Å². The van der Waals surface area contributed by atoms with Gasteiger partial charge in [0.1, 0.15) is 5.52 Å². The molecule has 7 heteroatoms. The van der Waals surface area contributed by atoms with Gasteiger partial charge in [-0.25, -0.2) is 9.67 Å². The Morgan fingerprint density at radius 1 is 1.19 bits per heavy atom. The molecule has 0 saturated heterocycles. The summed E-state index contributed by atoms with van der Waals surface area (Å²) in [5.74, 6) is -0.130. The van der Waals surface area contributed by atoms with Crippen molar-refractivity contribution in [2.24, 2.45) is 0 Å². The van der Waals surface area contributed by atoms with Crippen LogP contribution in [-0.2, 0) is 6.54 Å². The smallest absolute Gasteiger partial charge is 0.251 e. The number of rotatable bonds is 5. The summed E-state index contributed by atoms with van der Waals surface area (Å²) in [6.45, 7) is 4.72. The average Bonchev–Trinajstić information content (AvgIpc) is 3.37. The highest BCUT2D eigenvalue weighted by molar-refractivity contribution is 5.97. The lowest BCUT2D eigenvalue weighted by Gasteiger charge is -2.15. The van der Waals surface area contributed by atoms with Crippen LogP contribution in [-0.4, -0.2) is 30.5 Å². The number of imidazole rings is 1. The zero-order valence-corrected chi connectivity index (χ0v) is 15.2. The first-order chi connectivity index (χ1) is 13.2. The van der Waals surface area contributed by atoms with Crippen LogP contribution in [0.15, 0.2) is 61.2 Å². The molecule has 2 heterocycles. The molecule has 1 atom stereocenters. The molecule has 7 nitrogen and oxygen atoms in total. The largest absolute Gasteiger partial charge is 0.346 e. The van der Waals surface area contributed by atoms with Gasteiger partial charge in [-0.2, -0.15) is 0 Å². The van der Waals surface area contributed by atoms with E-state index < -0.39 is 0 Å². The predicted octanol–water partition coefficient (Wildman–Crippen LogP) is 3.13. The summed E-state index contributed by atoms with van der Waals surface area (Å²) in [6, 6.07) is 13.4. The maximum absolute atomic E-state index is 12.6. The van der Waals surface area contributed by atoms with Gasteiger partial charge in [-0.1, -0.05) is 17.3 Å². The van der Waals surface area contributed by atoms with Gasteiger partial charge in [-0.3, -0.25) is 4.79 Å². The van der Waals surface area contributed by atoms with E-state index in [4.69, 9.17) is 0 Å². The van der Waals surface area contributed by atoms with Crippen LogP contribution in [0.2, 0.25) is 0 Å². The molecule has 0 spiro atoms. The van der Waals surface area contributed by atoms with Gasteiger partial charge in [0.05, 0.1) is 17.9 Å². The van der Waals surface area contributed by atoms with Crippen LogP contribution >= 0.6 is 0 Å². The lowest BCUT2D eigenvalue weighted by molar-refractivity contribution is 0.0940. The minimum atomic E-state index is -0.130. The van der Waals surface area contributed by atoms with Gasteiger partial charge in [-0.05, 0) is 49.7 Å². The van der Waals surface area contributed by atoms with E-state index in [1.54, 1.807) is 18.6 Å². The van der Waals surface area contributed by atoms with Crippen molar-refractivity contribution in [1.29, 1.82) is 0 Å². The summed E-state index contributed by atoms with van der Waals surface area (Å²) in [5.41, 5.74) is 4.29. The molecule has 0 fully saturated rings. The zero-order valence-electron chi connectivity index (χ0n) is 15.2. The van der Waals surface area contributed by atoms with Gasteiger partial charge in [0.25, 0.3) is 5.91 Å². The third kappa shape index (κ3) is 3.31. The number of aryl methyl sites for hydroxylation is 1. The van der Waals surface area contributed by atoms with Gasteiger partial charge >= 0.3 is 0 Å². The highest BCUT2D eigenvalue weighted by atomic mass is 16.1. The molecule has 0 saturated carbocycles. The zero-order chi connectivity index (χ0) is 18.8. The van der Waals surface area contributed by atoms with Gasteiger partial charge in [-0.15, -0.1) is 5.10 Å². The standard InChI is InChI=1S/C20H20N6O/c1-3-26-19-9-6-16(12-18(19)23-24-26)20(27)22-14(2)15-4-7-17(8-5-15)25-11-10-21-13-25/h4-14H,3H2,1-2H3,(H,22,27). The monoisotopic (exact) mass is 360 g/mol. The second-order valence-electron chi connectivity index (χ2n) is 6.37. The van der Waals surface area contributed by atoms with E-state index in [-0.39, 0.29) is 11.9 Å². The maximum atomic E-state index is 12.6. The van der Waals surface area contributed by atoms with Gasteiger partial charge in [0.15, 0.2) is 0 Å². The molecule has 0 radical (unpaired) electrons. The molecule has 0 aliphatic rings. The van der Waals surface area contributed by atoms with Gasteiger partial charge < -0.3 is 9.88 Å². The second-order valence-corrected chi connectivity index (χ2v) is 6.37. The summed E-state index contributed by atoms with van der Waals surface area (Å²) in [4.78, 5) is 16.7. The first-order valence-electron chi connectivity index (χ1n) is 8.88. The van der Waals surface area contributed by atoms with Crippen LogP contribution in [0.3, 0.4) is 0 Å². The van der Waals surface area contributed by atoms with E-state index in [1.807, 2.05) is 65.7 Å². The Hall–Kier alpha value is -3.48. The fourth-order valence-electron chi connectivity index (χ4n) is 3.06. The topological polar surface area (TPSA) is 77.6 Å². The van der Waals surface area contributed by atoms with Crippen LogP contribution in [0.4, 0.5) is 0 Å². The summed E-state index contributed by atoms with van der Waals surface area (Å²) in [6.07, 6.45) is 5.39. The number of aromatic nitrogens is 5. The number of carbonyl (C=O) groups excluding carboxylic acids is 1. The highest BCUT2D eigenvalue weighted by Gasteiger charge is 2.13. The van der Waals surface area contributed by atoms with Crippen LogP contribution in [0.1, 0.15) is 35.8 Å². The molecule has 1 amide bonds. The minimum Gasteiger partial charge on any atom is -0.346 e. The first-order valence-corrected chi connectivity index (χ1v) is 8.88. The third-order valence-corrected chi connectivity index (χ3v) is 4.62. The molecule has 27 heavy (non-hydrogen) atoms. The molecular weight excluding hydrogens is 340 g/mol. The summed E-state index contributed by atoms with van der Waals surface area (Å²) < 4.78 is 3.74. The number of fused-ring (bicyclic) bond motifs is 1. The number of hydrogen-bond acceptors (Lipinski definition) is 4. The van der Waals surface area contributed by atoms with E-state index in [2.05, 4.69) is 20.6 Å². The fraction of sp³-hybridized carbons (Fsp3) is 0.200. The van der Waals surface area contributed by atoms with Crippen LogP contribution in [0.25, 0.3) is 16.7 Å². The molecule has 1 N–H and O–H groups in total. The van der Waals surface area contributed by atoms with Crippen LogP contribution in [0.5, 0.6) is 0 Å². The minimum absolute atomic E-state index is 0.114. The van der Waals surface area contributed by atoms with E-state index in [0.717, 1.165) is 28.8 Å². The Balaban J connectivity index is 1.48. The summed E-state index contributed by atoms with van der Waals surface area (Å²) >= 11 is 0. The Bertz CT molecular complexity index is 1070. The lowest BCUT2D eigenvalue weighted by atomic mass is 10.1. The first kappa shape index (κ1) is 17.0. The lowest BCUT2D eigenvalue weighted by Crippen LogP contribution is -2.26. The molecule has 4 aromatic rings. The van der Waals surface area contributed by atoms with Crippen molar-refractivity contribution in [3.8, 4) is 5.69 Å². The Kier molecular flexibility index (Phi) is 4.42. The number of nitrogens with one attached hydrogen (secondary N) is 1. The molecule has 0 aliphatic carbocycles. The number of benzene rings is 2. The molecular formula is C20H20N6O. The quantitative estimate of drug-likeness (QED) is 0.593. The fourth-order valence-corrected chi connectivity index (χ4v) is 3.06. The molecule has 1 unspecified atom stereocenters. The molecule has 0 aliphatic heterocycles.